The van der Waals surface area contributed by atoms with Gasteiger partial charge in [-0.25, -0.2) is 8.42 Å². The Balaban J connectivity index is 0.000000309. The maximum atomic E-state index is 8.63. The Bertz CT molecular complexity index is 693. The first-order valence-corrected chi connectivity index (χ1v) is 8.33. The first kappa shape index (κ1) is 16.6. The Morgan fingerprint density at radius 1 is 1.09 bits per heavy atom. The molecular formula is C16H18NO4S-. The second kappa shape index (κ2) is 7.51. The number of hydrogen-bond donors (Lipinski definition) is 2. The van der Waals surface area contributed by atoms with Crippen molar-refractivity contribution >= 4 is 10.4 Å². The van der Waals surface area contributed by atoms with E-state index < -0.39 is 10.4 Å². The fourth-order valence-electron chi connectivity index (χ4n) is 2.62. The van der Waals surface area contributed by atoms with Crippen molar-refractivity contribution in [1.82, 2.24) is 5.32 Å². The van der Waals surface area contributed by atoms with Crippen LogP contribution >= 0.6 is 0 Å². The molecule has 3 rings (SSSR count). The van der Waals surface area contributed by atoms with Crippen LogP contribution < -0.4 is 5.32 Å². The second-order valence-corrected chi connectivity index (χ2v) is 5.93. The minimum Gasteiger partial charge on any atom is -0.726 e. The quantitative estimate of drug-likeness (QED) is 0.653. The predicted molar refractivity (Wildman–Crippen MR) is 83.4 cm³/mol. The third kappa shape index (κ3) is 5.57. The van der Waals surface area contributed by atoms with Crippen molar-refractivity contribution in [2.75, 3.05) is 6.54 Å². The van der Waals surface area contributed by atoms with Crippen LogP contribution in [-0.2, 0) is 23.2 Å². The van der Waals surface area contributed by atoms with E-state index >= 15 is 0 Å². The monoisotopic (exact) mass is 320 g/mol. The van der Waals surface area contributed by atoms with Crippen LogP contribution in [0.3, 0.4) is 0 Å². The van der Waals surface area contributed by atoms with Crippen LogP contribution in [0, 0.1) is 0 Å². The molecule has 2 aromatic rings. The lowest BCUT2D eigenvalue weighted by atomic mass is 9.90. The van der Waals surface area contributed by atoms with E-state index in [4.69, 9.17) is 17.5 Å². The van der Waals surface area contributed by atoms with E-state index in [1.807, 2.05) is 0 Å². The molecule has 0 radical (unpaired) electrons. The summed E-state index contributed by atoms with van der Waals surface area (Å²) in [5, 5.41) is 3.62. The molecule has 1 atom stereocenters. The van der Waals surface area contributed by atoms with E-state index in [2.05, 4.69) is 59.9 Å². The molecule has 0 aromatic heterocycles. The highest BCUT2D eigenvalue weighted by molar-refractivity contribution is 7.79. The van der Waals surface area contributed by atoms with Crippen LogP contribution in [0.2, 0.25) is 0 Å². The van der Waals surface area contributed by atoms with E-state index in [0.717, 1.165) is 19.4 Å². The van der Waals surface area contributed by atoms with Crippen molar-refractivity contribution in [2.45, 2.75) is 18.9 Å². The highest BCUT2D eigenvalue weighted by atomic mass is 32.3. The predicted octanol–water partition coefficient (Wildman–Crippen LogP) is 2.12. The molecule has 1 heterocycles. The molecule has 22 heavy (non-hydrogen) atoms. The summed E-state index contributed by atoms with van der Waals surface area (Å²) in [5.74, 6) is 0. The van der Waals surface area contributed by atoms with Gasteiger partial charge in [0.2, 0.25) is 10.4 Å². The van der Waals surface area contributed by atoms with Crippen LogP contribution in [0.1, 0.15) is 22.7 Å². The average molecular weight is 320 g/mol. The summed E-state index contributed by atoms with van der Waals surface area (Å²) in [6, 6.07) is 20.0. The zero-order valence-corrected chi connectivity index (χ0v) is 12.8. The van der Waals surface area contributed by atoms with Gasteiger partial charge in [0.05, 0.1) is 0 Å². The van der Waals surface area contributed by atoms with E-state index in [1.54, 1.807) is 0 Å². The van der Waals surface area contributed by atoms with Crippen molar-refractivity contribution < 1.29 is 17.5 Å². The molecule has 0 aliphatic carbocycles. The lowest BCUT2D eigenvalue weighted by Gasteiger charge is -2.27. The maximum Gasteiger partial charge on any atom is 0.215 e. The normalized spacial score (nSPS) is 17.1. The Hall–Kier alpha value is -1.73. The van der Waals surface area contributed by atoms with Gasteiger partial charge in [-0.15, -0.1) is 0 Å². The second-order valence-electron chi connectivity index (χ2n) is 5.07. The Labute approximate surface area is 130 Å². The van der Waals surface area contributed by atoms with Crippen molar-refractivity contribution in [3.8, 4) is 0 Å². The van der Waals surface area contributed by atoms with Crippen LogP contribution in [-0.4, -0.2) is 24.1 Å². The van der Waals surface area contributed by atoms with Crippen LogP contribution in [0.25, 0.3) is 0 Å². The third-order valence-corrected chi connectivity index (χ3v) is 3.50. The molecule has 2 aromatic carbocycles. The molecule has 0 spiro atoms. The molecule has 5 nitrogen and oxygen atoms in total. The molecule has 0 bridgehead atoms. The number of nitrogens with one attached hydrogen (secondary N) is 1. The molecule has 2 N–H and O–H groups in total. The SMILES string of the molecule is O=S(=O)([O-])O.c1ccc(CC2NCCc3ccccc32)cc1. The van der Waals surface area contributed by atoms with Gasteiger partial charge in [-0.3, -0.25) is 4.55 Å². The van der Waals surface area contributed by atoms with Crippen molar-refractivity contribution in [1.29, 1.82) is 0 Å². The fraction of sp³-hybridized carbons (Fsp3) is 0.250. The summed E-state index contributed by atoms with van der Waals surface area (Å²) in [6.07, 6.45) is 2.24. The van der Waals surface area contributed by atoms with Crippen molar-refractivity contribution in [2.24, 2.45) is 0 Å². The third-order valence-electron chi connectivity index (χ3n) is 3.50. The van der Waals surface area contributed by atoms with Gasteiger partial charge in [0, 0.05) is 6.04 Å². The molecule has 1 aliphatic rings. The molecule has 6 heteroatoms. The average Bonchev–Trinajstić information content (AvgIpc) is 2.47. The van der Waals surface area contributed by atoms with Crippen LogP contribution in [0.4, 0.5) is 0 Å². The highest BCUT2D eigenvalue weighted by Crippen LogP contribution is 2.25. The summed E-state index contributed by atoms with van der Waals surface area (Å²) in [5.41, 5.74) is 4.39. The van der Waals surface area contributed by atoms with Gasteiger partial charge in [0.15, 0.2) is 0 Å². The topological polar surface area (TPSA) is 89.5 Å². The van der Waals surface area contributed by atoms with Gasteiger partial charge < -0.3 is 9.87 Å². The number of rotatable bonds is 2. The fourth-order valence-corrected chi connectivity index (χ4v) is 2.62. The first-order chi connectivity index (χ1) is 10.4. The molecule has 0 amide bonds. The summed E-state index contributed by atoms with van der Waals surface area (Å²) in [7, 11) is -4.92. The van der Waals surface area contributed by atoms with Crippen molar-refractivity contribution in [3.05, 3.63) is 71.3 Å². The highest BCUT2D eigenvalue weighted by Gasteiger charge is 2.18. The Morgan fingerprint density at radius 2 is 1.68 bits per heavy atom. The van der Waals surface area contributed by atoms with E-state index in [9.17, 15) is 0 Å². The van der Waals surface area contributed by atoms with Gasteiger partial charge in [-0.2, -0.15) is 0 Å². The van der Waals surface area contributed by atoms with Gasteiger partial charge >= 0.3 is 0 Å². The molecule has 118 valence electrons. The summed E-state index contributed by atoms with van der Waals surface area (Å²) < 4.78 is 32.8. The van der Waals surface area contributed by atoms with E-state index in [0.29, 0.717) is 6.04 Å². The molecular weight excluding hydrogens is 302 g/mol. The lowest BCUT2D eigenvalue weighted by molar-refractivity contribution is 0.366. The van der Waals surface area contributed by atoms with Crippen LogP contribution in [0.15, 0.2) is 54.6 Å². The molecule has 0 saturated carbocycles. The molecule has 0 fully saturated rings. The lowest BCUT2D eigenvalue weighted by Crippen LogP contribution is -2.31. The Kier molecular flexibility index (Phi) is 5.68. The summed E-state index contributed by atoms with van der Waals surface area (Å²) in [4.78, 5) is 0. The zero-order chi connectivity index (χ0) is 16.0. The minimum atomic E-state index is -4.92. The number of fused-ring (bicyclic) bond motifs is 1. The molecule has 0 saturated heterocycles. The molecule has 1 aliphatic heterocycles. The first-order valence-electron chi connectivity index (χ1n) is 6.97. The van der Waals surface area contributed by atoms with Crippen LogP contribution in [0.5, 0.6) is 0 Å². The maximum absolute atomic E-state index is 8.63. The number of hydrogen-bond acceptors (Lipinski definition) is 4. The smallest absolute Gasteiger partial charge is 0.215 e. The van der Waals surface area contributed by atoms with Gasteiger partial charge in [0.1, 0.15) is 0 Å². The number of benzene rings is 2. The van der Waals surface area contributed by atoms with Gasteiger partial charge in [-0.1, -0.05) is 54.6 Å². The Morgan fingerprint density at radius 3 is 2.36 bits per heavy atom. The standard InChI is InChI=1S/C16H17N.H2O4S/c1-2-6-13(7-3-1)12-16-15-9-5-4-8-14(15)10-11-17-16;1-5(2,3)4/h1-9,16-17H,10-12H2;(H2,1,2,3,4)/p-1. The van der Waals surface area contributed by atoms with E-state index in [-0.39, 0.29) is 0 Å². The van der Waals surface area contributed by atoms with Gasteiger partial charge in [-0.05, 0) is 36.1 Å². The summed E-state index contributed by atoms with van der Waals surface area (Å²) in [6.45, 7) is 1.09. The van der Waals surface area contributed by atoms with Crippen molar-refractivity contribution in [3.63, 3.8) is 0 Å². The summed E-state index contributed by atoms with van der Waals surface area (Å²) >= 11 is 0. The minimum absolute atomic E-state index is 0.474. The van der Waals surface area contributed by atoms with Gasteiger partial charge in [0.25, 0.3) is 0 Å². The van der Waals surface area contributed by atoms with E-state index in [1.165, 1.54) is 16.7 Å². The zero-order valence-electron chi connectivity index (χ0n) is 12.0. The molecule has 1 unspecified atom stereocenters. The largest absolute Gasteiger partial charge is 0.726 e.